The number of nitrogens with two attached hydrogens (primary N) is 1. The third-order valence-corrected chi connectivity index (χ3v) is 2.41. The lowest BCUT2D eigenvalue weighted by Gasteiger charge is -2.21. The summed E-state index contributed by atoms with van der Waals surface area (Å²) >= 11 is 0. The van der Waals surface area contributed by atoms with Crippen molar-refractivity contribution < 1.29 is 0 Å². The molecule has 0 fully saturated rings. The Kier molecular flexibility index (Phi) is 4.97. The van der Waals surface area contributed by atoms with Crippen molar-refractivity contribution in [2.24, 2.45) is 10.8 Å². The quantitative estimate of drug-likeness (QED) is 0.362. The molecule has 0 saturated heterocycles. The maximum Gasteiger partial charge on any atom is 0.208 e. The molecule has 3 N–H and O–H groups in total. The molecule has 0 bridgehead atoms. The summed E-state index contributed by atoms with van der Waals surface area (Å²) in [6.07, 6.45) is 0. The highest BCUT2D eigenvalue weighted by molar-refractivity contribution is 5.79. The number of nitrogens with one attached hydrogen (secondary N) is 1. The van der Waals surface area contributed by atoms with E-state index in [1.54, 1.807) is 0 Å². The summed E-state index contributed by atoms with van der Waals surface area (Å²) in [4.78, 5) is 6.42. The molecule has 0 aliphatic rings. The van der Waals surface area contributed by atoms with Gasteiger partial charge in [0.15, 0.2) is 0 Å². The van der Waals surface area contributed by atoms with E-state index in [4.69, 9.17) is 5.84 Å². The van der Waals surface area contributed by atoms with E-state index in [-0.39, 0.29) is 6.04 Å². The van der Waals surface area contributed by atoms with Crippen molar-refractivity contribution in [1.82, 2.24) is 10.3 Å². The second-order valence-electron chi connectivity index (χ2n) is 4.53. The molecular formula is C13H22N4. The Morgan fingerprint density at radius 1 is 1.35 bits per heavy atom. The first-order valence-electron chi connectivity index (χ1n) is 5.84. The minimum Gasteiger partial charge on any atom is -0.341 e. The zero-order valence-electron chi connectivity index (χ0n) is 11.1. The predicted octanol–water partition coefficient (Wildman–Crippen LogP) is 1.65. The molecule has 0 aliphatic carbocycles. The smallest absolute Gasteiger partial charge is 0.208 e. The maximum atomic E-state index is 5.48. The molecule has 0 radical (unpaired) electrons. The molecule has 0 heterocycles. The summed E-state index contributed by atoms with van der Waals surface area (Å²) in [6, 6.07) is 8.68. The van der Waals surface area contributed by atoms with Crippen molar-refractivity contribution in [3.05, 3.63) is 35.4 Å². The number of aryl methyl sites for hydroxylation is 1. The SMILES string of the molecule is Cc1ccc(CN(C)C(=NC(C)C)NN)cc1. The Morgan fingerprint density at radius 2 is 1.94 bits per heavy atom. The van der Waals surface area contributed by atoms with E-state index in [0.29, 0.717) is 5.96 Å². The maximum absolute atomic E-state index is 5.48. The number of guanidine groups is 1. The number of nitrogens with zero attached hydrogens (tertiary/aromatic N) is 2. The highest BCUT2D eigenvalue weighted by Gasteiger charge is 2.06. The Morgan fingerprint density at radius 3 is 2.41 bits per heavy atom. The van der Waals surface area contributed by atoms with Gasteiger partial charge in [0.2, 0.25) is 5.96 Å². The van der Waals surface area contributed by atoms with Crippen molar-refractivity contribution in [2.45, 2.75) is 33.4 Å². The Bertz CT molecular complexity index is 368. The zero-order valence-corrected chi connectivity index (χ0v) is 11.1. The normalized spacial score (nSPS) is 11.8. The average Bonchev–Trinajstić information content (AvgIpc) is 2.28. The van der Waals surface area contributed by atoms with Crippen LogP contribution < -0.4 is 11.3 Å². The summed E-state index contributed by atoms with van der Waals surface area (Å²) in [5, 5.41) is 0. The van der Waals surface area contributed by atoms with Crippen LogP contribution in [0.1, 0.15) is 25.0 Å². The van der Waals surface area contributed by atoms with Crippen LogP contribution in [0.3, 0.4) is 0 Å². The summed E-state index contributed by atoms with van der Waals surface area (Å²) in [5.74, 6) is 6.19. The minimum atomic E-state index is 0.224. The van der Waals surface area contributed by atoms with Crippen LogP contribution in [0.25, 0.3) is 0 Å². The average molecular weight is 234 g/mol. The van der Waals surface area contributed by atoms with Gasteiger partial charge in [-0.15, -0.1) is 0 Å². The number of hydrogen-bond donors (Lipinski definition) is 2. The fraction of sp³-hybridized carbons (Fsp3) is 0.462. The minimum absolute atomic E-state index is 0.224. The van der Waals surface area contributed by atoms with Gasteiger partial charge in [0.1, 0.15) is 0 Å². The summed E-state index contributed by atoms with van der Waals surface area (Å²) in [5.41, 5.74) is 5.15. The third-order valence-electron chi connectivity index (χ3n) is 2.41. The van der Waals surface area contributed by atoms with Gasteiger partial charge in [-0.05, 0) is 26.3 Å². The summed E-state index contributed by atoms with van der Waals surface area (Å²) in [7, 11) is 1.97. The highest BCUT2D eigenvalue weighted by atomic mass is 15.4. The van der Waals surface area contributed by atoms with E-state index in [1.165, 1.54) is 11.1 Å². The Labute approximate surface area is 104 Å². The molecule has 1 aromatic rings. The molecule has 94 valence electrons. The van der Waals surface area contributed by atoms with Crippen LogP contribution in [0.15, 0.2) is 29.3 Å². The van der Waals surface area contributed by atoms with Crippen LogP contribution >= 0.6 is 0 Å². The standard InChI is InChI=1S/C13H22N4/c1-10(2)15-13(16-14)17(4)9-12-7-5-11(3)6-8-12/h5-8,10H,9,14H2,1-4H3,(H,15,16). The van der Waals surface area contributed by atoms with Crippen LogP contribution in [0.4, 0.5) is 0 Å². The van der Waals surface area contributed by atoms with Crippen LogP contribution in [-0.2, 0) is 6.54 Å². The molecule has 0 aliphatic heterocycles. The van der Waals surface area contributed by atoms with Crippen LogP contribution in [-0.4, -0.2) is 23.9 Å². The van der Waals surface area contributed by atoms with Crippen molar-refractivity contribution in [3.8, 4) is 0 Å². The number of aliphatic imine (C=N–C) groups is 1. The van der Waals surface area contributed by atoms with E-state index >= 15 is 0 Å². The topological polar surface area (TPSA) is 53.6 Å². The fourth-order valence-corrected chi connectivity index (χ4v) is 1.53. The molecule has 17 heavy (non-hydrogen) atoms. The molecule has 0 atom stereocenters. The van der Waals surface area contributed by atoms with Crippen LogP contribution in [0.5, 0.6) is 0 Å². The van der Waals surface area contributed by atoms with Gasteiger partial charge >= 0.3 is 0 Å². The Hall–Kier alpha value is -1.55. The van der Waals surface area contributed by atoms with E-state index in [1.807, 2.05) is 25.8 Å². The van der Waals surface area contributed by atoms with Gasteiger partial charge in [-0.25, -0.2) is 10.8 Å². The van der Waals surface area contributed by atoms with Gasteiger partial charge in [0.05, 0.1) is 0 Å². The molecular weight excluding hydrogens is 212 g/mol. The van der Waals surface area contributed by atoms with E-state index in [2.05, 4.69) is 41.6 Å². The van der Waals surface area contributed by atoms with Gasteiger partial charge in [-0.1, -0.05) is 29.8 Å². The van der Waals surface area contributed by atoms with Gasteiger partial charge in [-0.3, -0.25) is 5.43 Å². The summed E-state index contributed by atoms with van der Waals surface area (Å²) in [6.45, 7) is 6.92. The van der Waals surface area contributed by atoms with Crippen LogP contribution in [0, 0.1) is 6.92 Å². The molecule has 1 rings (SSSR count). The monoisotopic (exact) mass is 234 g/mol. The molecule has 0 spiro atoms. The van der Waals surface area contributed by atoms with Crippen molar-refractivity contribution in [3.63, 3.8) is 0 Å². The van der Waals surface area contributed by atoms with Crippen LogP contribution in [0.2, 0.25) is 0 Å². The first kappa shape index (κ1) is 13.5. The lowest BCUT2D eigenvalue weighted by Crippen LogP contribution is -2.42. The fourth-order valence-electron chi connectivity index (χ4n) is 1.53. The second kappa shape index (κ2) is 6.25. The van der Waals surface area contributed by atoms with Gasteiger partial charge in [0.25, 0.3) is 0 Å². The third kappa shape index (κ3) is 4.44. The molecule has 1 aromatic carbocycles. The van der Waals surface area contributed by atoms with Gasteiger partial charge in [-0.2, -0.15) is 0 Å². The highest BCUT2D eigenvalue weighted by Crippen LogP contribution is 2.06. The van der Waals surface area contributed by atoms with E-state index < -0.39 is 0 Å². The zero-order chi connectivity index (χ0) is 12.8. The number of hydrazine groups is 1. The number of hydrogen-bond acceptors (Lipinski definition) is 2. The van der Waals surface area contributed by atoms with Crippen molar-refractivity contribution >= 4 is 5.96 Å². The van der Waals surface area contributed by atoms with E-state index in [9.17, 15) is 0 Å². The predicted molar refractivity (Wildman–Crippen MR) is 72.5 cm³/mol. The largest absolute Gasteiger partial charge is 0.341 e. The molecule has 0 amide bonds. The van der Waals surface area contributed by atoms with Crippen molar-refractivity contribution in [2.75, 3.05) is 7.05 Å². The lowest BCUT2D eigenvalue weighted by molar-refractivity contribution is 0.474. The summed E-state index contributed by atoms with van der Waals surface area (Å²) < 4.78 is 0. The molecule has 0 unspecified atom stereocenters. The molecule has 4 nitrogen and oxygen atoms in total. The number of benzene rings is 1. The molecule has 4 heteroatoms. The lowest BCUT2D eigenvalue weighted by atomic mass is 10.1. The first-order chi connectivity index (χ1) is 8.02. The molecule has 0 saturated carbocycles. The van der Waals surface area contributed by atoms with Gasteiger partial charge < -0.3 is 4.90 Å². The van der Waals surface area contributed by atoms with Gasteiger partial charge in [0, 0.05) is 19.6 Å². The first-order valence-corrected chi connectivity index (χ1v) is 5.84. The van der Waals surface area contributed by atoms with Crippen molar-refractivity contribution in [1.29, 1.82) is 0 Å². The van der Waals surface area contributed by atoms with E-state index in [0.717, 1.165) is 6.54 Å². The number of rotatable bonds is 3. The molecule has 0 aromatic heterocycles. The second-order valence-corrected chi connectivity index (χ2v) is 4.53. The Balaban J connectivity index is 2.70.